The first-order valence-corrected chi connectivity index (χ1v) is 13.7. The Bertz CT molecular complexity index is 1450. The molecule has 0 aliphatic carbocycles. The molecule has 0 saturated carbocycles. The van der Waals surface area contributed by atoms with Gasteiger partial charge in [0, 0.05) is 30.1 Å². The molecule has 3 aromatic carbocycles. The molecule has 1 fully saturated rings. The van der Waals surface area contributed by atoms with Crippen molar-refractivity contribution < 1.29 is 23.5 Å². The molecule has 3 aromatic rings. The number of hydrogen-bond donors (Lipinski definition) is 0. The van der Waals surface area contributed by atoms with Crippen molar-refractivity contribution in [1.82, 2.24) is 0 Å². The highest BCUT2D eigenvalue weighted by molar-refractivity contribution is 6.34. The fourth-order valence-electron chi connectivity index (χ4n) is 5.33. The number of aliphatic imine (C=N–C) groups is 1. The molecule has 2 aliphatic rings. The maximum atomic E-state index is 14.5. The number of hydrogen-bond acceptors (Lipinski definition) is 6. The third-order valence-electron chi connectivity index (χ3n) is 7.57. The van der Waals surface area contributed by atoms with Crippen molar-refractivity contribution in [2.45, 2.75) is 37.8 Å². The van der Waals surface area contributed by atoms with Gasteiger partial charge in [-0.25, -0.2) is 9.18 Å². The van der Waals surface area contributed by atoms with Crippen LogP contribution in [0.15, 0.2) is 59.6 Å². The Morgan fingerprint density at radius 1 is 1.05 bits per heavy atom. The minimum Gasteiger partial charge on any atom is -0.497 e. The average Bonchev–Trinajstić information content (AvgIpc) is 2.95. The van der Waals surface area contributed by atoms with E-state index in [2.05, 4.69) is 4.99 Å². The summed E-state index contributed by atoms with van der Waals surface area (Å²) >= 11 is 12.5. The number of amides is 1. The van der Waals surface area contributed by atoms with Gasteiger partial charge in [0.15, 0.2) is 0 Å². The lowest BCUT2D eigenvalue weighted by atomic mass is 9.88. The van der Waals surface area contributed by atoms with Gasteiger partial charge < -0.3 is 19.3 Å². The second-order valence-corrected chi connectivity index (χ2v) is 10.8. The molecule has 0 N–H and O–H groups in total. The Morgan fingerprint density at radius 3 is 2.48 bits per heavy atom. The minimum absolute atomic E-state index is 0.0220. The topological polar surface area (TPSA) is 71.4 Å². The van der Waals surface area contributed by atoms with E-state index in [9.17, 15) is 14.0 Å². The highest BCUT2D eigenvalue weighted by Gasteiger charge is 2.37. The van der Waals surface area contributed by atoms with Crippen LogP contribution < -0.4 is 19.3 Å². The SMILES string of the molecule is COc1ccc(CN2C(=O)CCc3c(OCC4(N=C=O)CCN(c5ccc(Cl)cc5F)CC4)ccc(Cl)c32)cc1. The summed E-state index contributed by atoms with van der Waals surface area (Å²) in [7, 11) is 1.61. The van der Waals surface area contributed by atoms with Crippen molar-refractivity contribution in [2.24, 2.45) is 4.99 Å². The number of carbonyl (C=O) groups is 1. The first-order chi connectivity index (χ1) is 19.3. The molecule has 2 aliphatic heterocycles. The molecule has 0 spiro atoms. The second kappa shape index (κ2) is 11.9. The Morgan fingerprint density at radius 2 is 1.80 bits per heavy atom. The van der Waals surface area contributed by atoms with E-state index in [1.54, 1.807) is 42.4 Å². The van der Waals surface area contributed by atoms with Crippen LogP contribution in [0.2, 0.25) is 10.0 Å². The first kappa shape index (κ1) is 28.0. The summed E-state index contributed by atoms with van der Waals surface area (Å²) in [5.41, 5.74) is 2.06. The van der Waals surface area contributed by atoms with Crippen LogP contribution in [0, 0.1) is 5.82 Å². The molecule has 208 valence electrons. The smallest absolute Gasteiger partial charge is 0.235 e. The number of piperidine rings is 1. The number of isocyanates is 1. The lowest BCUT2D eigenvalue weighted by Crippen LogP contribution is -2.47. The zero-order valence-corrected chi connectivity index (χ0v) is 23.5. The van der Waals surface area contributed by atoms with E-state index >= 15 is 0 Å². The standard InChI is InChI=1S/C30H28Cl2FN3O4/c1-39-22-5-2-20(3-6-22)17-36-28(38)11-7-23-27(10-8-24(32)29(23)36)40-18-30(34-19-37)12-14-35(15-13-30)26-9-4-21(31)16-25(26)33/h2-6,8-10,16H,7,11-15,17-18H2,1H3. The Balaban J connectivity index is 1.34. The van der Waals surface area contributed by atoms with Gasteiger partial charge >= 0.3 is 0 Å². The predicted molar refractivity (Wildman–Crippen MR) is 153 cm³/mol. The van der Waals surface area contributed by atoms with Crippen molar-refractivity contribution in [3.63, 3.8) is 0 Å². The summed E-state index contributed by atoms with van der Waals surface area (Å²) in [6.07, 6.45) is 3.46. The number of nitrogens with zero attached hydrogens (tertiary/aromatic N) is 3. The fourth-order valence-corrected chi connectivity index (χ4v) is 5.77. The van der Waals surface area contributed by atoms with Crippen LogP contribution in [0.25, 0.3) is 0 Å². The summed E-state index contributed by atoms with van der Waals surface area (Å²) in [6.45, 7) is 1.46. The van der Waals surface area contributed by atoms with Gasteiger partial charge in [0.25, 0.3) is 0 Å². The van der Waals surface area contributed by atoms with Gasteiger partial charge in [-0.2, -0.15) is 4.99 Å². The third-order valence-corrected chi connectivity index (χ3v) is 8.11. The normalized spacial score (nSPS) is 16.2. The van der Waals surface area contributed by atoms with Gasteiger partial charge in [0.2, 0.25) is 12.0 Å². The highest BCUT2D eigenvalue weighted by Crippen LogP contribution is 2.42. The van der Waals surface area contributed by atoms with E-state index in [1.165, 1.54) is 6.07 Å². The van der Waals surface area contributed by atoms with Crippen LogP contribution in [0.4, 0.5) is 15.8 Å². The molecule has 7 nitrogen and oxygen atoms in total. The molecule has 1 amide bonds. The van der Waals surface area contributed by atoms with Crippen LogP contribution in [-0.4, -0.2) is 44.3 Å². The molecule has 5 rings (SSSR count). The van der Waals surface area contributed by atoms with Crippen molar-refractivity contribution in [2.75, 3.05) is 36.6 Å². The van der Waals surface area contributed by atoms with E-state index < -0.39 is 11.4 Å². The molecule has 0 radical (unpaired) electrons. The van der Waals surface area contributed by atoms with Crippen LogP contribution in [0.1, 0.15) is 30.4 Å². The zero-order valence-electron chi connectivity index (χ0n) is 22.0. The molecule has 0 aromatic heterocycles. The number of halogens is 3. The van der Waals surface area contributed by atoms with Gasteiger partial charge in [0.05, 0.1) is 30.1 Å². The molecule has 10 heteroatoms. The van der Waals surface area contributed by atoms with Crippen LogP contribution in [0.5, 0.6) is 11.5 Å². The predicted octanol–water partition coefficient (Wildman–Crippen LogP) is 6.37. The number of anilines is 2. The molecule has 0 unspecified atom stereocenters. The largest absolute Gasteiger partial charge is 0.497 e. The maximum Gasteiger partial charge on any atom is 0.235 e. The van der Waals surface area contributed by atoms with E-state index in [-0.39, 0.29) is 12.5 Å². The van der Waals surface area contributed by atoms with Crippen molar-refractivity contribution in [3.05, 3.63) is 81.6 Å². The Kier molecular flexibility index (Phi) is 8.31. The van der Waals surface area contributed by atoms with Gasteiger partial charge in [-0.15, -0.1) is 0 Å². The van der Waals surface area contributed by atoms with Crippen molar-refractivity contribution in [3.8, 4) is 11.5 Å². The monoisotopic (exact) mass is 583 g/mol. The zero-order chi connectivity index (χ0) is 28.3. The Labute approximate surface area is 242 Å². The number of benzene rings is 3. The van der Waals surface area contributed by atoms with Crippen molar-refractivity contribution >= 4 is 46.6 Å². The van der Waals surface area contributed by atoms with E-state index in [1.807, 2.05) is 29.2 Å². The minimum atomic E-state index is -0.805. The number of rotatable bonds is 8. The van der Waals surface area contributed by atoms with Gasteiger partial charge in [-0.05, 0) is 67.3 Å². The number of methoxy groups -OCH3 is 1. The lowest BCUT2D eigenvalue weighted by molar-refractivity contribution is -0.119. The molecule has 40 heavy (non-hydrogen) atoms. The molecule has 2 heterocycles. The lowest BCUT2D eigenvalue weighted by Gasteiger charge is -2.39. The first-order valence-electron chi connectivity index (χ1n) is 13.0. The van der Waals surface area contributed by atoms with Crippen LogP contribution in [0.3, 0.4) is 0 Å². The summed E-state index contributed by atoms with van der Waals surface area (Å²) in [4.78, 5) is 32.1. The fraction of sp³-hybridized carbons (Fsp3) is 0.333. The quantitative estimate of drug-likeness (QED) is 0.227. The number of ether oxygens (including phenoxy) is 2. The Hall–Kier alpha value is -3.58. The van der Waals surface area contributed by atoms with Crippen molar-refractivity contribution in [1.29, 1.82) is 0 Å². The second-order valence-electron chi connectivity index (χ2n) is 10.00. The summed E-state index contributed by atoms with van der Waals surface area (Å²) in [6, 6.07) is 15.6. The van der Waals surface area contributed by atoms with E-state index in [0.29, 0.717) is 72.5 Å². The molecule has 0 atom stereocenters. The molecular formula is C30H28Cl2FN3O4. The van der Waals surface area contributed by atoms with Crippen LogP contribution >= 0.6 is 23.2 Å². The summed E-state index contributed by atoms with van der Waals surface area (Å²) in [5, 5.41) is 0.796. The van der Waals surface area contributed by atoms with Gasteiger partial charge in [0.1, 0.15) is 29.5 Å². The molecule has 0 bridgehead atoms. The van der Waals surface area contributed by atoms with E-state index in [4.69, 9.17) is 32.7 Å². The molecule has 1 saturated heterocycles. The number of fused-ring (bicyclic) bond motifs is 1. The maximum absolute atomic E-state index is 14.5. The highest BCUT2D eigenvalue weighted by atomic mass is 35.5. The summed E-state index contributed by atoms with van der Waals surface area (Å²) < 4.78 is 26.0. The molecular weight excluding hydrogens is 556 g/mol. The van der Waals surface area contributed by atoms with Crippen LogP contribution in [-0.2, 0) is 22.6 Å². The van der Waals surface area contributed by atoms with E-state index in [0.717, 1.165) is 16.9 Å². The average molecular weight is 584 g/mol. The number of carbonyl (C=O) groups excluding carboxylic acids is 2. The summed E-state index contributed by atoms with van der Waals surface area (Å²) in [5.74, 6) is 0.917. The van der Waals surface area contributed by atoms with Gasteiger partial charge in [-0.3, -0.25) is 4.79 Å². The van der Waals surface area contributed by atoms with Gasteiger partial charge in [-0.1, -0.05) is 35.3 Å². The third kappa shape index (κ3) is 5.80.